The van der Waals surface area contributed by atoms with Gasteiger partial charge in [0.05, 0.1) is 16.6 Å². The second kappa shape index (κ2) is 6.86. The Hall–Kier alpha value is 0.170. The Kier molecular flexibility index (Phi) is 5.19. The number of ether oxygens (including phenoxy) is 1. The largest absolute Gasteiger partial charge is 0.469 e. The molecule has 0 aromatic heterocycles. The Morgan fingerprint density at radius 3 is 2.33 bits per heavy atom. The summed E-state index contributed by atoms with van der Waals surface area (Å²) in [6, 6.07) is 0. The summed E-state index contributed by atoms with van der Waals surface area (Å²) in [6.45, 7) is 9.78. The third kappa shape index (κ3) is 2.64. The third-order valence-corrected chi connectivity index (χ3v) is 13.8. The lowest BCUT2D eigenvalue weighted by Gasteiger charge is -2.66. The van der Waals surface area contributed by atoms with Crippen LogP contribution in [-0.2, 0) is 9.53 Å². The first kappa shape index (κ1) is 20.4. The van der Waals surface area contributed by atoms with E-state index in [2.05, 4.69) is 51.2 Å². The first-order valence-corrected chi connectivity index (χ1v) is 13.1. The van der Waals surface area contributed by atoms with Crippen molar-refractivity contribution in [1.29, 1.82) is 0 Å². The maximum atomic E-state index is 12.8. The zero-order chi connectivity index (χ0) is 19.5. The van der Waals surface area contributed by atoms with Crippen molar-refractivity contribution in [2.24, 2.45) is 34.0 Å². The number of carbonyl (C=O) groups is 1. The molecule has 6 unspecified atom stereocenters. The molecule has 0 radical (unpaired) electrons. The van der Waals surface area contributed by atoms with Crippen LogP contribution in [0.3, 0.4) is 0 Å². The minimum Gasteiger partial charge on any atom is -0.469 e. The second-order valence-corrected chi connectivity index (χ2v) is 13.4. The van der Waals surface area contributed by atoms with E-state index in [1.165, 1.54) is 56.5 Å². The number of rotatable bonds is 2. The summed E-state index contributed by atoms with van der Waals surface area (Å²) in [4.78, 5) is 12.8. The summed E-state index contributed by atoms with van der Waals surface area (Å²) in [6.07, 6.45) is 10.1. The van der Waals surface area contributed by atoms with E-state index < -0.39 is 0 Å². The van der Waals surface area contributed by atoms with Crippen LogP contribution in [0.5, 0.6) is 0 Å². The fourth-order valence-corrected chi connectivity index (χ4v) is 12.3. The highest BCUT2D eigenvalue weighted by Gasteiger charge is 2.67. The lowest BCUT2D eigenvalue weighted by molar-refractivity contribution is -0.177. The third-order valence-electron chi connectivity index (χ3n) is 9.56. The van der Waals surface area contributed by atoms with Crippen molar-refractivity contribution < 1.29 is 9.53 Å². The van der Waals surface area contributed by atoms with Gasteiger partial charge in [-0.15, -0.1) is 23.5 Å². The molecule has 6 atom stereocenters. The number of hydrogen-bond donors (Lipinski definition) is 0. The number of methoxy groups -OCH3 is 1. The molecular weight excluding hydrogens is 372 g/mol. The van der Waals surface area contributed by atoms with Gasteiger partial charge in [-0.3, -0.25) is 4.79 Å². The summed E-state index contributed by atoms with van der Waals surface area (Å²) in [5.41, 5.74) is 0.487. The van der Waals surface area contributed by atoms with E-state index >= 15 is 0 Å². The predicted octanol–water partition coefficient (Wildman–Crippen LogP) is 6.38. The van der Waals surface area contributed by atoms with Crippen LogP contribution < -0.4 is 0 Å². The maximum absolute atomic E-state index is 12.8. The van der Waals surface area contributed by atoms with Gasteiger partial charge in [0.15, 0.2) is 0 Å². The molecule has 1 spiro atoms. The molecule has 0 bridgehead atoms. The van der Waals surface area contributed by atoms with Crippen molar-refractivity contribution in [3.8, 4) is 0 Å². The van der Waals surface area contributed by atoms with Gasteiger partial charge in [0.2, 0.25) is 0 Å². The van der Waals surface area contributed by atoms with E-state index in [0.29, 0.717) is 20.8 Å². The van der Waals surface area contributed by atoms with Gasteiger partial charge in [-0.25, -0.2) is 0 Å². The topological polar surface area (TPSA) is 26.3 Å². The number of hydrogen-bond acceptors (Lipinski definition) is 4. The molecule has 0 aromatic rings. The Bertz CT molecular complexity index is 601. The Morgan fingerprint density at radius 1 is 1.00 bits per heavy atom. The van der Waals surface area contributed by atoms with Crippen LogP contribution in [0.4, 0.5) is 0 Å². The Morgan fingerprint density at radius 2 is 1.70 bits per heavy atom. The van der Waals surface area contributed by atoms with Crippen molar-refractivity contribution in [1.82, 2.24) is 0 Å². The lowest BCUT2D eigenvalue weighted by Crippen LogP contribution is -2.62. The number of carbonyl (C=O) groups excluding carboxylic acids is 1. The van der Waals surface area contributed by atoms with Crippen molar-refractivity contribution in [3.63, 3.8) is 0 Å². The first-order valence-electron chi connectivity index (χ1n) is 11.1. The number of fused-ring (bicyclic) bond motifs is 4. The average Bonchev–Trinajstić information content (AvgIpc) is 3.15. The van der Waals surface area contributed by atoms with E-state index in [4.69, 9.17) is 4.74 Å². The molecule has 0 amide bonds. The summed E-state index contributed by atoms with van der Waals surface area (Å²) in [7, 11) is 1.58. The van der Waals surface area contributed by atoms with Gasteiger partial charge >= 0.3 is 5.97 Å². The summed E-state index contributed by atoms with van der Waals surface area (Å²) < 4.78 is 5.73. The Balaban J connectivity index is 1.72. The molecule has 1 aliphatic heterocycles. The molecule has 27 heavy (non-hydrogen) atoms. The normalized spacial score (nSPS) is 48.7. The van der Waals surface area contributed by atoms with Crippen LogP contribution in [-0.4, -0.2) is 28.7 Å². The molecule has 4 rings (SSSR count). The molecule has 3 aliphatic carbocycles. The van der Waals surface area contributed by atoms with Gasteiger partial charge in [-0.1, -0.05) is 27.2 Å². The van der Waals surface area contributed by atoms with Crippen LogP contribution in [0.25, 0.3) is 0 Å². The molecule has 4 fully saturated rings. The fraction of sp³-hybridized carbons (Fsp3) is 0.957. The van der Waals surface area contributed by atoms with Crippen LogP contribution in [0.2, 0.25) is 0 Å². The van der Waals surface area contributed by atoms with E-state index in [0.717, 1.165) is 18.3 Å². The highest BCUT2D eigenvalue weighted by atomic mass is 32.2. The molecule has 4 aliphatic rings. The van der Waals surface area contributed by atoms with Gasteiger partial charge in [0.25, 0.3) is 0 Å². The van der Waals surface area contributed by atoms with Crippen molar-refractivity contribution in [2.75, 3.05) is 18.6 Å². The number of thioether (sulfide) groups is 2. The van der Waals surface area contributed by atoms with Crippen LogP contribution >= 0.6 is 23.5 Å². The molecular formula is C23H38O2S2. The second-order valence-electron chi connectivity index (χ2n) is 10.4. The molecule has 4 heteroatoms. The summed E-state index contributed by atoms with van der Waals surface area (Å²) >= 11 is 4.61. The number of esters is 1. The van der Waals surface area contributed by atoms with Gasteiger partial charge in [-0.2, -0.15) is 0 Å². The molecule has 0 N–H and O–H groups in total. The van der Waals surface area contributed by atoms with E-state index in [1.54, 1.807) is 7.11 Å². The van der Waals surface area contributed by atoms with Crippen LogP contribution in [0.1, 0.15) is 79.1 Å². The molecule has 3 saturated carbocycles. The van der Waals surface area contributed by atoms with Gasteiger partial charge in [0, 0.05) is 11.5 Å². The summed E-state index contributed by atoms with van der Waals surface area (Å²) in [5, 5.41) is 0. The SMILES string of the molecule is CCC1(C)CCC2C(CCC3C(C)(C(=O)OC)CCCC23C)C12SCCS2. The highest BCUT2D eigenvalue weighted by molar-refractivity contribution is 8.21. The van der Waals surface area contributed by atoms with E-state index in [9.17, 15) is 4.79 Å². The maximum Gasteiger partial charge on any atom is 0.311 e. The van der Waals surface area contributed by atoms with Gasteiger partial charge in [0.1, 0.15) is 0 Å². The molecule has 154 valence electrons. The van der Waals surface area contributed by atoms with Crippen molar-refractivity contribution in [2.45, 2.75) is 83.1 Å². The smallest absolute Gasteiger partial charge is 0.311 e. The monoisotopic (exact) mass is 410 g/mol. The quantitative estimate of drug-likeness (QED) is 0.493. The molecule has 0 aromatic carbocycles. The summed E-state index contributed by atoms with van der Waals surface area (Å²) in [5.74, 6) is 4.78. The zero-order valence-corrected chi connectivity index (χ0v) is 19.6. The van der Waals surface area contributed by atoms with E-state index in [1.807, 2.05) is 0 Å². The van der Waals surface area contributed by atoms with Crippen molar-refractivity contribution in [3.05, 3.63) is 0 Å². The van der Waals surface area contributed by atoms with Crippen molar-refractivity contribution >= 4 is 29.5 Å². The standard InChI is InChI=1S/C23H38O2S2/c1-6-20(2)13-10-16-17(23(20)26-14-15-27-23)8-9-18-21(16,3)11-7-12-22(18,4)19(24)25-5/h16-18H,6-15H2,1-5H3. The Labute approximate surface area is 174 Å². The van der Waals surface area contributed by atoms with Crippen LogP contribution in [0.15, 0.2) is 0 Å². The zero-order valence-electron chi connectivity index (χ0n) is 17.9. The minimum atomic E-state index is -0.276. The highest BCUT2D eigenvalue weighted by Crippen LogP contribution is 2.73. The van der Waals surface area contributed by atoms with Crippen LogP contribution in [0, 0.1) is 34.0 Å². The average molecular weight is 411 g/mol. The predicted molar refractivity (Wildman–Crippen MR) is 117 cm³/mol. The molecule has 1 heterocycles. The van der Waals surface area contributed by atoms with E-state index in [-0.39, 0.29) is 11.4 Å². The van der Waals surface area contributed by atoms with Gasteiger partial charge in [-0.05, 0) is 80.5 Å². The minimum absolute atomic E-state index is 0.0467. The molecule has 2 nitrogen and oxygen atoms in total. The fourth-order valence-electron chi connectivity index (χ4n) is 7.98. The lowest BCUT2D eigenvalue weighted by atomic mass is 9.42. The molecule has 1 saturated heterocycles. The first-order chi connectivity index (χ1) is 12.8. The van der Waals surface area contributed by atoms with Gasteiger partial charge < -0.3 is 4.74 Å².